The molecular formula is C9H12N2S. The van der Waals surface area contributed by atoms with Gasteiger partial charge >= 0.3 is 0 Å². The van der Waals surface area contributed by atoms with Gasteiger partial charge in [0.2, 0.25) is 0 Å². The summed E-state index contributed by atoms with van der Waals surface area (Å²) in [5, 5.41) is 2.08. The summed E-state index contributed by atoms with van der Waals surface area (Å²) < 4.78 is 2.19. The normalized spacial score (nSPS) is 11.7. The molecule has 2 aromatic heterocycles. The van der Waals surface area contributed by atoms with Gasteiger partial charge in [-0.1, -0.05) is 13.8 Å². The second-order valence-electron chi connectivity index (χ2n) is 3.29. The van der Waals surface area contributed by atoms with E-state index < -0.39 is 0 Å². The van der Waals surface area contributed by atoms with E-state index in [0.717, 1.165) is 10.7 Å². The van der Waals surface area contributed by atoms with Crippen molar-refractivity contribution < 1.29 is 0 Å². The lowest BCUT2D eigenvalue weighted by Gasteiger charge is -2.03. The number of imidazole rings is 1. The van der Waals surface area contributed by atoms with Crippen molar-refractivity contribution in [2.45, 2.75) is 26.7 Å². The zero-order valence-electron chi connectivity index (χ0n) is 7.53. The van der Waals surface area contributed by atoms with Gasteiger partial charge in [0.05, 0.1) is 5.69 Å². The van der Waals surface area contributed by atoms with Crippen molar-refractivity contribution in [2.75, 3.05) is 0 Å². The molecule has 2 rings (SSSR count). The Labute approximate surface area is 75.9 Å². The molecule has 0 saturated carbocycles. The van der Waals surface area contributed by atoms with E-state index in [9.17, 15) is 0 Å². The van der Waals surface area contributed by atoms with E-state index in [2.05, 4.69) is 41.7 Å². The first-order valence-corrected chi connectivity index (χ1v) is 5.00. The van der Waals surface area contributed by atoms with Gasteiger partial charge in [0, 0.05) is 17.3 Å². The zero-order chi connectivity index (χ0) is 8.72. The molecular weight excluding hydrogens is 168 g/mol. The molecule has 0 aliphatic carbocycles. The second kappa shape index (κ2) is 2.59. The molecule has 2 heterocycles. The Bertz CT molecular complexity index is 397. The van der Waals surface area contributed by atoms with E-state index in [1.54, 1.807) is 11.3 Å². The number of hydrogen-bond acceptors (Lipinski definition) is 2. The molecule has 0 atom stereocenters. The fourth-order valence-corrected chi connectivity index (χ4v) is 2.37. The van der Waals surface area contributed by atoms with E-state index in [1.807, 2.05) is 0 Å². The van der Waals surface area contributed by atoms with Gasteiger partial charge in [-0.25, -0.2) is 4.98 Å². The molecule has 2 aromatic rings. The van der Waals surface area contributed by atoms with Gasteiger partial charge < -0.3 is 0 Å². The third-order valence-electron chi connectivity index (χ3n) is 2.03. The van der Waals surface area contributed by atoms with Crippen LogP contribution in [-0.2, 0) is 0 Å². The molecule has 0 fully saturated rings. The van der Waals surface area contributed by atoms with Crippen LogP contribution in [0.4, 0.5) is 0 Å². The van der Waals surface area contributed by atoms with Crippen molar-refractivity contribution in [3.05, 3.63) is 23.0 Å². The standard InChI is InChI=1S/C9H12N2S/c1-6(2)8-7(3)10-9-11(8)4-5-12-9/h4-6H,1-3H3. The Morgan fingerprint density at radius 3 is 2.92 bits per heavy atom. The Hall–Kier alpha value is -0.830. The minimum Gasteiger partial charge on any atom is -0.294 e. The number of nitrogens with zero attached hydrogens (tertiary/aromatic N) is 2. The molecule has 0 saturated heterocycles. The van der Waals surface area contributed by atoms with Gasteiger partial charge in [-0.15, -0.1) is 11.3 Å². The largest absolute Gasteiger partial charge is 0.294 e. The van der Waals surface area contributed by atoms with Crippen LogP contribution < -0.4 is 0 Å². The van der Waals surface area contributed by atoms with Crippen molar-refractivity contribution in [2.24, 2.45) is 0 Å². The van der Waals surface area contributed by atoms with Crippen molar-refractivity contribution >= 4 is 16.3 Å². The molecule has 0 aromatic carbocycles. The Kier molecular flexibility index (Phi) is 1.68. The van der Waals surface area contributed by atoms with E-state index in [4.69, 9.17) is 0 Å². The van der Waals surface area contributed by atoms with Crippen LogP contribution >= 0.6 is 11.3 Å². The highest BCUT2D eigenvalue weighted by molar-refractivity contribution is 7.15. The maximum atomic E-state index is 4.48. The predicted octanol–water partition coefficient (Wildman–Crippen LogP) is 2.83. The topological polar surface area (TPSA) is 17.3 Å². The Morgan fingerprint density at radius 2 is 2.25 bits per heavy atom. The van der Waals surface area contributed by atoms with Crippen LogP contribution in [0.5, 0.6) is 0 Å². The monoisotopic (exact) mass is 180 g/mol. The zero-order valence-corrected chi connectivity index (χ0v) is 8.35. The van der Waals surface area contributed by atoms with Crippen molar-refractivity contribution in [1.29, 1.82) is 0 Å². The van der Waals surface area contributed by atoms with Crippen LogP contribution in [0.1, 0.15) is 31.2 Å². The lowest BCUT2D eigenvalue weighted by molar-refractivity contribution is 0.801. The number of aryl methyl sites for hydroxylation is 1. The average Bonchev–Trinajstić information content (AvgIpc) is 2.44. The van der Waals surface area contributed by atoms with E-state index >= 15 is 0 Å². The van der Waals surface area contributed by atoms with Crippen LogP contribution in [-0.4, -0.2) is 9.38 Å². The molecule has 12 heavy (non-hydrogen) atoms. The number of rotatable bonds is 1. The first-order valence-electron chi connectivity index (χ1n) is 4.12. The molecule has 3 heteroatoms. The van der Waals surface area contributed by atoms with Crippen LogP contribution in [0, 0.1) is 6.92 Å². The van der Waals surface area contributed by atoms with E-state index in [-0.39, 0.29) is 0 Å². The van der Waals surface area contributed by atoms with Crippen LogP contribution in [0.15, 0.2) is 11.6 Å². The van der Waals surface area contributed by atoms with Crippen molar-refractivity contribution in [1.82, 2.24) is 9.38 Å². The summed E-state index contributed by atoms with van der Waals surface area (Å²) in [5.74, 6) is 0.551. The smallest absolute Gasteiger partial charge is 0.194 e. The van der Waals surface area contributed by atoms with Crippen LogP contribution in [0.25, 0.3) is 4.96 Å². The third-order valence-corrected chi connectivity index (χ3v) is 2.79. The molecule has 2 nitrogen and oxygen atoms in total. The first kappa shape index (κ1) is 7.80. The van der Waals surface area contributed by atoms with Crippen molar-refractivity contribution in [3.8, 4) is 0 Å². The summed E-state index contributed by atoms with van der Waals surface area (Å²) in [5.41, 5.74) is 2.50. The quantitative estimate of drug-likeness (QED) is 0.659. The number of fused-ring (bicyclic) bond motifs is 1. The maximum absolute atomic E-state index is 4.48. The molecule has 0 N–H and O–H groups in total. The average molecular weight is 180 g/mol. The van der Waals surface area contributed by atoms with Crippen LogP contribution in [0.3, 0.4) is 0 Å². The van der Waals surface area contributed by atoms with Gasteiger partial charge in [0.1, 0.15) is 0 Å². The summed E-state index contributed by atoms with van der Waals surface area (Å²) in [7, 11) is 0. The van der Waals surface area contributed by atoms with Gasteiger partial charge in [0.15, 0.2) is 4.96 Å². The highest BCUT2D eigenvalue weighted by Crippen LogP contribution is 2.22. The molecule has 0 aliphatic rings. The minimum atomic E-state index is 0.551. The molecule has 0 bridgehead atoms. The summed E-state index contributed by atoms with van der Waals surface area (Å²) in [6, 6.07) is 0. The molecule has 0 amide bonds. The van der Waals surface area contributed by atoms with Gasteiger partial charge in [-0.2, -0.15) is 0 Å². The predicted molar refractivity (Wildman–Crippen MR) is 51.9 cm³/mol. The lowest BCUT2D eigenvalue weighted by Crippen LogP contribution is -1.94. The van der Waals surface area contributed by atoms with E-state index in [0.29, 0.717) is 5.92 Å². The minimum absolute atomic E-state index is 0.551. The van der Waals surface area contributed by atoms with Gasteiger partial charge in [0.25, 0.3) is 0 Å². The van der Waals surface area contributed by atoms with E-state index in [1.165, 1.54) is 5.69 Å². The first-order chi connectivity index (χ1) is 5.70. The number of hydrogen-bond donors (Lipinski definition) is 0. The lowest BCUT2D eigenvalue weighted by atomic mass is 10.1. The van der Waals surface area contributed by atoms with Gasteiger partial charge in [-0.3, -0.25) is 4.40 Å². The Morgan fingerprint density at radius 1 is 1.50 bits per heavy atom. The molecule has 0 aliphatic heterocycles. The summed E-state index contributed by atoms with van der Waals surface area (Å²) in [6.45, 7) is 6.48. The second-order valence-corrected chi connectivity index (χ2v) is 4.17. The Balaban J connectivity index is 2.76. The fraction of sp³-hybridized carbons (Fsp3) is 0.444. The highest BCUT2D eigenvalue weighted by atomic mass is 32.1. The fourth-order valence-electron chi connectivity index (χ4n) is 1.61. The number of aromatic nitrogens is 2. The maximum Gasteiger partial charge on any atom is 0.194 e. The molecule has 0 unspecified atom stereocenters. The third kappa shape index (κ3) is 0.966. The van der Waals surface area contributed by atoms with Crippen LogP contribution in [0.2, 0.25) is 0 Å². The summed E-state index contributed by atoms with van der Waals surface area (Å²) >= 11 is 1.69. The SMILES string of the molecule is Cc1nc2sccn2c1C(C)C. The molecule has 0 spiro atoms. The summed E-state index contributed by atoms with van der Waals surface area (Å²) in [4.78, 5) is 5.58. The summed E-state index contributed by atoms with van der Waals surface area (Å²) in [6.07, 6.45) is 2.09. The number of thiazole rings is 1. The molecule has 0 radical (unpaired) electrons. The van der Waals surface area contributed by atoms with Gasteiger partial charge in [-0.05, 0) is 12.8 Å². The highest BCUT2D eigenvalue weighted by Gasteiger charge is 2.11. The molecule has 64 valence electrons. The van der Waals surface area contributed by atoms with Crippen molar-refractivity contribution in [3.63, 3.8) is 0 Å².